The number of hydrogen-bond acceptors (Lipinski definition) is 1. The van der Waals surface area contributed by atoms with Gasteiger partial charge in [-0.3, -0.25) is 0 Å². The molecule has 12 heavy (non-hydrogen) atoms. The Kier molecular flexibility index (Phi) is 3.57. The standard InChI is InChI=1S/C10H13ClO/c1-8(7-12-2)9-3-5-10(11)6-4-9/h3-6,8H,7H2,1-2H3. The van der Waals surface area contributed by atoms with Gasteiger partial charge in [0.05, 0.1) is 6.61 Å². The molecule has 1 atom stereocenters. The fraction of sp³-hybridized carbons (Fsp3) is 0.400. The van der Waals surface area contributed by atoms with Crippen LogP contribution in [0.25, 0.3) is 0 Å². The minimum Gasteiger partial charge on any atom is -0.384 e. The summed E-state index contributed by atoms with van der Waals surface area (Å²) in [5.41, 5.74) is 1.27. The van der Waals surface area contributed by atoms with Crippen LogP contribution in [0.1, 0.15) is 18.4 Å². The van der Waals surface area contributed by atoms with Crippen molar-refractivity contribution in [1.82, 2.24) is 0 Å². The molecular weight excluding hydrogens is 172 g/mol. The van der Waals surface area contributed by atoms with Gasteiger partial charge in [0.2, 0.25) is 0 Å². The summed E-state index contributed by atoms with van der Waals surface area (Å²) in [5.74, 6) is 0.437. The molecule has 0 N–H and O–H groups in total. The summed E-state index contributed by atoms with van der Waals surface area (Å²) in [5, 5.41) is 0.781. The monoisotopic (exact) mass is 184 g/mol. The van der Waals surface area contributed by atoms with E-state index in [0.29, 0.717) is 5.92 Å². The van der Waals surface area contributed by atoms with Crippen LogP contribution in [0.5, 0.6) is 0 Å². The summed E-state index contributed by atoms with van der Waals surface area (Å²) in [6.07, 6.45) is 0. The molecule has 0 radical (unpaired) electrons. The van der Waals surface area contributed by atoms with Gasteiger partial charge in [0, 0.05) is 18.1 Å². The van der Waals surface area contributed by atoms with E-state index in [-0.39, 0.29) is 0 Å². The second kappa shape index (κ2) is 4.48. The Morgan fingerprint density at radius 2 is 1.92 bits per heavy atom. The Hall–Kier alpha value is -0.530. The van der Waals surface area contributed by atoms with Gasteiger partial charge in [0.25, 0.3) is 0 Å². The zero-order chi connectivity index (χ0) is 8.97. The van der Waals surface area contributed by atoms with Crippen LogP contribution in [0.2, 0.25) is 5.02 Å². The molecule has 0 aliphatic rings. The molecule has 1 nitrogen and oxygen atoms in total. The molecule has 1 unspecified atom stereocenters. The minimum atomic E-state index is 0.437. The predicted molar refractivity (Wildman–Crippen MR) is 51.7 cm³/mol. The van der Waals surface area contributed by atoms with Gasteiger partial charge in [-0.2, -0.15) is 0 Å². The number of methoxy groups -OCH3 is 1. The Morgan fingerprint density at radius 3 is 2.42 bits per heavy atom. The Balaban J connectivity index is 2.68. The summed E-state index contributed by atoms with van der Waals surface area (Å²) in [4.78, 5) is 0. The quantitative estimate of drug-likeness (QED) is 0.702. The van der Waals surface area contributed by atoms with Crippen LogP contribution in [-0.4, -0.2) is 13.7 Å². The molecule has 1 rings (SSSR count). The number of rotatable bonds is 3. The van der Waals surface area contributed by atoms with Crippen molar-refractivity contribution in [1.29, 1.82) is 0 Å². The van der Waals surface area contributed by atoms with E-state index in [9.17, 15) is 0 Å². The Morgan fingerprint density at radius 1 is 1.33 bits per heavy atom. The van der Waals surface area contributed by atoms with Gasteiger partial charge in [-0.25, -0.2) is 0 Å². The highest BCUT2D eigenvalue weighted by Gasteiger charge is 2.03. The maximum Gasteiger partial charge on any atom is 0.0528 e. The van der Waals surface area contributed by atoms with E-state index >= 15 is 0 Å². The van der Waals surface area contributed by atoms with Crippen LogP contribution in [0.3, 0.4) is 0 Å². The maximum atomic E-state index is 5.76. The minimum absolute atomic E-state index is 0.437. The first-order valence-corrected chi connectivity index (χ1v) is 4.36. The largest absolute Gasteiger partial charge is 0.384 e. The van der Waals surface area contributed by atoms with Gasteiger partial charge in [-0.1, -0.05) is 30.7 Å². The lowest BCUT2D eigenvalue weighted by molar-refractivity contribution is 0.184. The van der Waals surface area contributed by atoms with E-state index < -0.39 is 0 Å². The second-order valence-corrected chi connectivity index (χ2v) is 3.34. The zero-order valence-electron chi connectivity index (χ0n) is 7.38. The SMILES string of the molecule is COCC(C)c1ccc(Cl)cc1. The summed E-state index contributed by atoms with van der Waals surface area (Å²) in [6.45, 7) is 2.88. The van der Waals surface area contributed by atoms with Crippen LogP contribution < -0.4 is 0 Å². The normalized spacial score (nSPS) is 12.9. The van der Waals surface area contributed by atoms with Gasteiger partial charge in [0.15, 0.2) is 0 Å². The van der Waals surface area contributed by atoms with Gasteiger partial charge in [-0.05, 0) is 17.7 Å². The van der Waals surface area contributed by atoms with Gasteiger partial charge in [-0.15, -0.1) is 0 Å². The van der Waals surface area contributed by atoms with Gasteiger partial charge in [0.1, 0.15) is 0 Å². The first kappa shape index (κ1) is 9.56. The van der Waals surface area contributed by atoms with E-state index in [1.54, 1.807) is 7.11 Å². The lowest BCUT2D eigenvalue weighted by Gasteiger charge is -2.09. The first-order chi connectivity index (χ1) is 5.74. The second-order valence-electron chi connectivity index (χ2n) is 2.91. The van der Waals surface area contributed by atoms with Crippen molar-refractivity contribution in [3.05, 3.63) is 34.9 Å². The smallest absolute Gasteiger partial charge is 0.0528 e. The molecule has 2 heteroatoms. The fourth-order valence-corrected chi connectivity index (χ4v) is 1.26. The highest BCUT2D eigenvalue weighted by molar-refractivity contribution is 6.30. The molecule has 0 aromatic heterocycles. The van der Waals surface area contributed by atoms with Crippen LogP contribution in [0.4, 0.5) is 0 Å². The van der Waals surface area contributed by atoms with Crippen molar-refractivity contribution in [3.63, 3.8) is 0 Å². The zero-order valence-corrected chi connectivity index (χ0v) is 8.14. The van der Waals surface area contributed by atoms with Crippen LogP contribution in [0.15, 0.2) is 24.3 Å². The summed E-state index contributed by atoms with van der Waals surface area (Å²) in [7, 11) is 1.71. The van der Waals surface area contributed by atoms with Crippen LogP contribution in [-0.2, 0) is 4.74 Å². The van der Waals surface area contributed by atoms with Crippen molar-refractivity contribution >= 4 is 11.6 Å². The predicted octanol–water partition coefficient (Wildman–Crippen LogP) is 3.09. The van der Waals surface area contributed by atoms with Crippen molar-refractivity contribution in [2.75, 3.05) is 13.7 Å². The molecular formula is C10H13ClO. The highest BCUT2D eigenvalue weighted by Crippen LogP contribution is 2.17. The molecule has 0 spiro atoms. The van der Waals surface area contributed by atoms with Gasteiger partial charge >= 0.3 is 0 Å². The van der Waals surface area contributed by atoms with Crippen molar-refractivity contribution in [2.45, 2.75) is 12.8 Å². The summed E-state index contributed by atoms with van der Waals surface area (Å²) < 4.78 is 5.06. The highest BCUT2D eigenvalue weighted by atomic mass is 35.5. The number of ether oxygens (including phenoxy) is 1. The van der Waals surface area contributed by atoms with Crippen LogP contribution in [0, 0.1) is 0 Å². The number of benzene rings is 1. The number of halogens is 1. The molecule has 0 aliphatic heterocycles. The summed E-state index contributed by atoms with van der Waals surface area (Å²) in [6, 6.07) is 7.88. The topological polar surface area (TPSA) is 9.23 Å². The van der Waals surface area contributed by atoms with E-state index in [4.69, 9.17) is 16.3 Å². The van der Waals surface area contributed by atoms with Crippen molar-refractivity contribution in [3.8, 4) is 0 Å². The maximum absolute atomic E-state index is 5.76. The number of hydrogen-bond donors (Lipinski definition) is 0. The molecule has 1 aromatic carbocycles. The average molecular weight is 185 g/mol. The molecule has 0 saturated heterocycles. The molecule has 0 saturated carbocycles. The molecule has 0 bridgehead atoms. The van der Waals surface area contributed by atoms with Gasteiger partial charge < -0.3 is 4.74 Å². The van der Waals surface area contributed by atoms with Crippen molar-refractivity contribution < 1.29 is 4.74 Å². The fourth-order valence-electron chi connectivity index (χ4n) is 1.14. The third kappa shape index (κ3) is 2.50. The van der Waals surface area contributed by atoms with Crippen LogP contribution >= 0.6 is 11.6 Å². The van der Waals surface area contributed by atoms with Crippen molar-refractivity contribution in [2.24, 2.45) is 0 Å². The van der Waals surface area contributed by atoms with E-state index in [1.807, 2.05) is 24.3 Å². The molecule has 0 heterocycles. The third-order valence-electron chi connectivity index (χ3n) is 1.86. The lowest BCUT2D eigenvalue weighted by Crippen LogP contribution is -2.01. The third-order valence-corrected chi connectivity index (χ3v) is 2.11. The summed E-state index contributed by atoms with van der Waals surface area (Å²) >= 11 is 5.76. The molecule has 0 fully saturated rings. The lowest BCUT2D eigenvalue weighted by atomic mass is 10.0. The molecule has 0 amide bonds. The van der Waals surface area contributed by atoms with E-state index in [1.165, 1.54) is 5.56 Å². The Bertz CT molecular complexity index is 230. The van der Waals surface area contributed by atoms with E-state index in [0.717, 1.165) is 11.6 Å². The molecule has 1 aromatic rings. The Labute approximate surface area is 78.3 Å². The first-order valence-electron chi connectivity index (χ1n) is 3.98. The molecule has 66 valence electrons. The molecule has 0 aliphatic carbocycles. The van der Waals surface area contributed by atoms with E-state index in [2.05, 4.69) is 6.92 Å². The average Bonchev–Trinajstić information content (AvgIpc) is 2.06.